The Hall–Kier alpha value is -3.30. The summed E-state index contributed by atoms with van der Waals surface area (Å²) < 4.78 is 0. The molecular formula is C21H30N6O4. The van der Waals surface area contributed by atoms with Gasteiger partial charge in [-0.1, -0.05) is 6.07 Å². The average molecular weight is 431 g/mol. The van der Waals surface area contributed by atoms with Crippen LogP contribution in [0.4, 0.5) is 11.4 Å². The van der Waals surface area contributed by atoms with E-state index in [9.17, 15) is 19.7 Å². The van der Waals surface area contributed by atoms with Gasteiger partial charge in [0.05, 0.1) is 11.5 Å². The molecule has 0 saturated carbocycles. The van der Waals surface area contributed by atoms with Crippen LogP contribution >= 0.6 is 0 Å². The molecule has 0 unspecified atom stereocenters. The number of rotatable bonds is 8. The van der Waals surface area contributed by atoms with Gasteiger partial charge in [0.15, 0.2) is 5.82 Å². The lowest BCUT2D eigenvalue weighted by Crippen LogP contribution is -2.49. The summed E-state index contributed by atoms with van der Waals surface area (Å²) in [5.41, 5.74) is 1.50. The zero-order valence-electron chi connectivity index (χ0n) is 17.8. The van der Waals surface area contributed by atoms with Crippen LogP contribution in [0.3, 0.4) is 0 Å². The maximum absolute atomic E-state index is 13.1. The fourth-order valence-electron chi connectivity index (χ4n) is 3.93. The second kappa shape index (κ2) is 10.6. The van der Waals surface area contributed by atoms with Crippen molar-refractivity contribution in [2.75, 3.05) is 43.9 Å². The van der Waals surface area contributed by atoms with Crippen molar-refractivity contribution in [1.29, 1.82) is 0 Å². The van der Waals surface area contributed by atoms with E-state index in [0.717, 1.165) is 50.7 Å². The third-order valence-electron chi connectivity index (χ3n) is 5.56. The van der Waals surface area contributed by atoms with E-state index in [1.165, 1.54) is 0 Å². The van der Waals surface area contributed by atoms with Gasteiger partial charge in [-0.3, -0.25) is 19.7 Å². The summed E-state index contributed by atoms with van der Waals surface area (Å²) >= 11 is 0. The van der Waals surface area contributed by atoms with E-state index in [1.54, 1.807) is 22.9 Å². The number of nitrogens with one attached hydrogen (secondary N) is 3. The predicted molar refractivity (Wildman–Crippen MR) is 118 cm³/mol. The molecule has 2 saturated heterocycles. The molecule has 2 amide bonds. The first-order valence-corrected chi connectivity index (χ1v) is 10.7. The second-order valence-electron chi connectivity index (χ2n) is 7.82. The Labute approximate surface area is 181 Å². The Morgan fingerprint density at radius 1 is 1.19 bits per heavy atom. The summed E-state index contributed by atoms with van der Waals surface area (Å²) in [7, 11) is 1.79. The summed E-state index contributed by atoms with van der Waals surface area (Å²) in [6.45, 7) is 2.06. The summed E-state index contributed by atoms with van der Waals surface area (Å²) in [6, 6.07) is 6.65. The van der Waals surface area contributed by atoms with Crippen molar-refractivity contribution in [1.82, 2.24) is 15.1 Å². The van der Waals surface area contributed by atoms with Crippen LogP contribution in [0.2, 0.25) is 0 Å². The molecule has 1 aromatic carbocycles. The van der Waals surface area contributed by atoms with E-state index < -0.39 is 11.0 Å². The molecule has 1 aromatic rings. The van der Waals surface area contributed by atoms with E-state index in [4.69, 9.17) is 0 Å². The normalized spacial score (nSPS) is 19.7. The number of benzene rings is 1. The summed E-state index contributed by atoms with van der Waals surface area (Å²) in [4.78, 5) is 39.6. The lowest BCUT2D eigenvalue weighted by atomic mass is 10.1. The lowest BCUT2D eigenvalue weighted by Gasteiger charge is -2.27. The first-order chi connectivity index (χ1) is 15.0. The van der Waals surface area contributed by atoms with Crippen LogP contribution in [0, 0.1) is 10.1 Å². The zero-order valence-corrected chi connectivity index (χ0v) is 17.8. The number of nitrogens with zero attached hydrogens (tertiary/aromatic N) is 3. The molecule has 0 spiro atoms. The highest BCUT2D eigenvalue weighted by Crippen LogP contribution is 2.18. The molecular weight excluding hydrogens is 400 g/mol. The number of carbonyl (C=O) groups is 2. The number of hydrogen-bond acceptors (Lipinski definition) is 7. The van der Waals surface area contributed by atoms with Gasteiger partial charge in [0, 0.05) is 38.1 Å². The summed E-state index contributed by atoms with van der Waals surface area (Å²) in [5.74, 6) is -0.107. The second-order valence-corrected chi connectivity index (χ2v) is 7.82. The molecule has 3 N–H and O–H groups in total. The van der Waals surface area contributed by atoms with Crippen LogP contribution in [0.25, 0.3) is 0 Å². The largest absolute Gasteiger partial charge is 0.388 e. The molecule has 31 heavy (non-hydrogen) atoms. The first-order valence-electron chi connectivity index (χ1n) is 10.7. The van der Waals surface area contributed by atoms with Gasteiger partial charge in [0.2, 0.25) is 11.8 Å². The van der Waals surface area contributed by atoms with Crippen molar-refractivity contribution in [3.63, 3.8) is 0 Å². The smallest absolute Gasteiger partial charge is 0.274 e. The Balaban J connectivity index is 1.70. The van der Waals surface area contributed by atoms with Gasteiger partial charge in [0.25, 0.3) is 6.20 Å². The first kappa shape index (κ1) is 22.4. The fraction of sp³-hybridized carbons (Fsp3) is 0.524. The Bertz CT molecular complexity index is 837. The monoisotopic (exact) mass is 430 g/mol. The van der Waals surface area contributed by atoms with E-state index in [1.807, 2.05) is 18.2 Å². The van der Waals surface area contributed by atoms with Gasteiger partial charge >= 0.3 is 0 Å². The van der Waals surface area contributed by atoms with Gasteiger partial charge in [-0.2, -0.15) is 0 Å². The van der Waals surface area contributed by atoms with Crippen LogP contribution in [-0.4, -0.2) is 65.8 Å². The average Bonchev–Trinajstić information content (AvgIpc) is 3.23. The van der Waals surface area contributed by atoms with Crippen molar-refractivity contribution >= 4 is 23.2 Å². The molecule has 2 aliphatic rings. The number of likely N-dealkylation sites (tertiary alicyclic amines) is 2. The highest BCUT2D eigenvalue weighted by molar-refractivity contribution is 5.88. The Kier molecular flexibility index (Phi) is 7.69. The molecule has 2 fully saturated rings. The molecule has 10 heteroatoms. The number of carbonyl (C=O) groups excluding carboxylic acids is 2. The van der Waals surface area contributed by atoms with Gasteiger partial charge in [-0.15, -0.1) is 0 Å². The van der Waals surface area contributed by atoms with Gasteiger partial charge in [-0.05, 0) is 50.3 Å². The molecule has 2 aliphatic heterocycles. The minimum Gasteiger partial charge on any atom is -0.388 e. The third kappa shape index (κ3) is 6.34. The highest BCUT2D eigenvalue weighted by atomic mass is 16.6. The SMILES string of the molecule is CNc1cccc(NC(=C[N+](=O)[O-])N[C@H]2CCCCN(CC(=O)N3CCCC3)C2=O)c1. The van der Waals surface area contributed by atoms with Crippen LogP contribution in [0.5, 0.6) is 0 Å². The van der Waals surface area contributed by atoms with E-state index in [0.29, 0.717) is 18.7 Å². The number of amides is 2. The lowest BCUT2D eigenvalue weighted by molar-refractivity contribution is -0.403. The molecule has 0 aromatic heterocycles. The Morgan fingerprint density at radius 2 is 1.90 bits per heavy atom. The number of nitro groups is 1. The molecule has 10 nitrogen and oxygen atoms in total. The standard InChI is InChI=1S/C21H30N6O4/c1-22-16-7-6-8-17(13-16)23-19(14-27(30)31)24-18-9-2-3-12-26(21(18)29)15-20(28)25-10-4-5-11-25/h6-8,13-14,18,22-24H,2-5,9-12,15H2,1H3/t18-/m0/s1. The van der Waals surface area contributed by atoms with Gasteiger partial charge in [-0.25, -0.2) is 0 Å². The third-order valence-corrected chi connectivity index (χ3v) is 5.56. The minimum atomic E-state index is -0.639. The Morgan fingerprint density at radius 3 is 2.61 bits per heavy atom. The van der Waals surface area contributed by atoms with E-state index in [2.05, 4.69) is 16.0 Å². The maximum atomic E-state index is 13.1. The summed E-state index contributed by atoms with van der Waals surface area (Å²) in [5, 5.41) is 20.2. The molecule has 168 valence electrons. The van der Waals surface area contributed by atoms with Crippen LogP contribution < -0.4 is 16.0 Å². The van der Waals surface area contributed by atoms with Crippen LogP contribution in [0.15, 0.2) is 36.3 Å². The maximum Gasteiger partial charge on any atom is 0.274 e. The highest BCUT2D eigenvalue weighted by Gasteiger charge is 2.30. The van der Waals surface area contributed by atoms with E-state index >= 15 is 0 Å². The molecule has 3 rings (SSSR count). The van der Waals surface area contributed by atoms with Crippen molar-refractivity contribution in [3.05, 3.63) is 46.4 Å². The quantitative estimate of drug-likeness (QED) is 0.425. The van der Waals surface area contributed by atoms with E-state index in [-0.39, 0.29) is 24.2 Å². The molecule has 1 atom stereocenters. The van der Waals surface area contributed by atoms with Crippen molar-refractivity contribution in [2.24, 2.45) is 0 Å². The van der Waals surface area contributed by atoms with Gasteiger partial charge < -0.3 is 25.8 Å². The predicted octanol–water partition coefficient (Wildman–Crippen LogP) is 1.81. The van der Waals surface area contributed by atoms with Crippen LogP contribution in [-0.2, 0) is 9.59 Å². The zero-order chi connectivity index (χ0) is 22.2. The summed E-state index contributed by atoms with van der Waals surface area (Å²) in [6.07, 6.45) is 4.95. The number of hydrogen-bond donors (Lipinski definition) is 3. The molecule has 0 bridgehead atoms. The fourth-order valence-corrected chi connectivity index (χ4v) is 3.93. The topological polar surface area (TPSA) is 120 Å². The molecule has 0 radical (unpaired) electrons. The van der Waals surface area contributed by atoms with Crippen molar-refractivity contribution in [3.8, 4) is 0 Å². The number of anilines is 2. The van der Waals surface area contributed by atoms with Crippen molar-refractivity contribution < 1.29 is 14.5 Å². The van der Waals surface area contributed by atoms with Crippen molar-refractivity contribution in [2.45, 2.75) is 38.1 Å². The van der Waals surface area contributed by atoms with Crippen LogP contribution in [0.1, 0.15) is 32.1 Å². The molecule has 0 aliphatic carbocycles. The van der Waals surface area contributed by atoms with Gasteiger partial charge in [0.1, 0.15) is 6.04 Å². The minimum absolute atomic E-state index is 0.0328. The molecule has 2 heterocycles.